The van der Waals surface area contributed by atoms with E-state index in [0.29, 0.717) is 6.54 Å². The number of benzene rings is 1. The average molecular weight is 344 g/mol. The highest BCUT2D eigenvalue weighted by Crippen LogP contribution is 2.30. The summed E-state index contributed by atoms with van der Waals surface area (Å²) in [5, 5.41) is 17.5. The summed E-state index contributed by atoms with van der Waals surface area (Å²) >= 11 is 0. The third-order valence-corrected chi connectivity index (χ3v) is 3.87. The van der Waals surface area contributed by atoms with E-state index < -0.39 is 4.92 Å². The second-order valence-corrected chi connectivity index (χ2v) is 5.55. The first-order chi connectivity index (χ1) is 12.2. The van der Waals surface area contributed by atoms with Crippen molar-refractivity contribution in [1.82, 2.24) is 14.9 Å². The van der Waals surface area contributed by atoms with Gasteiger partial charge in [-0.15, -0.1) is 0 Å². The van der Waals surface area contributed by atoms with Gasteiger partial charge in [-0.3, -0.25) is 15.0 Å². The molecular formula is C16H20N6O3. The maximum absolute atomic E-state index is 11.5. The predicted molar refractivity (Wildman–Crippen MR) is 94.2 cm³/mol. The van der Waals surface area contributed by atoms with Crippen LogP contribution in [0.5, 0.6) is 0 Å². The van der Waals surface area contributed by atoms with Gasteiger partial charge in [-0.2, -0.15) is 0 Å². The van der Waals surface area contributed by atoms with E-state index in [1.807, 2.05) is 30.3 Å². The fraction of sp³-hybridized carbons (Fsp3) is 0.375. The molecule has 0 radical (unpaired) electrons. The molecule has 1 aliphatic rings. The monoisotopic (exact) mass is 344 g/mol. The van der Waals surface area contributed by atoms with E-state index >= 15 is 0 Å². The van der Waals surface area contributed by atoms with E-state index in [-0.39, 0.29) is 17.3 Å². The van der Waals surface area contributed by atoms with Crippen molar-refractivity contribution in [3.63, 3.8) is 0 Å². The number of para-hydroxylation sites is 1. The predicted octanol–water partition coefficient (Wildman–Crippen LogP) is 1.87. The average Bonchev–Trinajstić information content (AvgIpc) is 2.63. The van der Waals surface area contributed by atoms with Crippen LogP contribution >= 0.6 is 0 Å². The lowest BCUT2D eigenvalue weighted by molar-refractivity contribution is -0.383. The highest BCUT2D eigenvalue weighted by Gasteiger charge is 2.23. The molecule has 0 unspecified atom stereocenters. The second-order valence-electron chi connectivity index (χ2n) is 5.55. The normalized spacial score (nSPS) is 14.9. The molecule has 1 aliphatic heterocycles. The lowest BCUT2D eigenvalue weighted by atomic mass is 10.3. The number of nitrogens with zero attached hydrogens (tertiary/aromatic N) is 4. The lowest BCUT2D eigenvalue weighted by Crippen LogP contribution is -2.39. The summed E-state index contributed by atoms with van der Waals surface area (Å²) in [7, 11) is 0. The fourth-order valence-corrected chi connectivity index (χ4v) is 2.59. The van der Waals surface area contributed by atoms with E-state index in [2.05, 4.69) is 25.5 Å². The van der Waals surface area contributed by atoms with Crippen molar-refractivity contribution in [2.45, 2.75) is 0 Å². The van der Waals surface area contributed by atoms with Crippen LogP contribution in [0.3, 0.4) is 0 Å². The van der Waals surface area contributed by atoms with Crippen LogP contribution in [0, 0.1) is 10.1 Å². The van der Waals surface area contributed by atoms with Gasteiger partial charge in [-0.25, -0.2) is 9.97 Å². The maximum atomic E-state index is 11.5. The molecule has 2 heterocycles. The zero-order valence-electron chi connectivity index (χ0n) is 13.7. The van der Waals surface area contributed by atoms with E-state index in [4.69, 9.17) is 4.74 Å². The standard InChI is InChI=1S/C16H20N6O3/c23-22(24)14-15(17-6-7-21-8-10-25-11-9-21)18-12-19-16(14)20-13-4-2-1-3-5-13/h1-5,12H,6-11H2,(H2,17,18,19,20). The molecule has 3 rings (SSSR count). The fourth-order valence-electron chi connectivity index (χ4n) is 2.59. The number of aromatic nitrogens is 2. The summed E-state index contributed by atoms with van der Waals surface area (Å²) in [6, 6.07) is 9.20. The highest BCUT2D eigenvalue weighted by atomic mass is 16.6. The van der Waals surface area contributed by atoms with Gasteiger partial charge < -0.3 is 15.4 Å². The number of anilines is 3. The van der Waals surface area contributed by atoms with Crippen LogP contribution in [-0.4, -0.2) is 59.2 Å². The summed E-state index contributed by atoms with van der Waals surface area (Å²) in [4.78, 5) is 21.3. The minimum absolute atomic E-state index is 0.159. The zero-order chi connectivity index (χ0) is 17.5. The van der Waals surface area contributed by atoms with Gasteiger partial charge >= 0.3 is 5.69 Å². The van der Waals surface area contributed by atoms with Gasteiger partial charge in [0.2, 0.25) is 11.6 Å². The van der Waals surface area contributed by atoms with Crippen molar-refractivity contribution in [1.29, 1.82) is 0 Å². The molecule has 25 heavy (non-hydrogen) atoms. The topological polar surface area (TPSA) is 105 Å². The van der Waals surface area contributed by atoms with E-state index in [0.717, 1.165) is 38.5 Å². The van der Waals surface area contributed by atoms with Gasteiger partial charge in [0, 0.05) is 31.9 Å². The first kappa shape index (κ1) is 17.1. The van der Waals surface area contributed by atoms with Crippen LogP contribution in [0.25, 0.3) is 0 Å². The number of nitro groups is 1. The van der Waals surface area contributed by atoms with Gasteiger partial charge in [0.25, 0.3) is 0 Å². The summed E-state index contributed by atoms with van der Waals surface area (Å²) in [5.74, 6) is 0.381. The minimum Gasteiger partial charge on any atom is -0.379 e. The Kier molecular flexibility index (Phi) is 5.70. The summed E-state index contributed by atoms with van der Waals surface area (Å²) in [6.07, 6.45) is 1.31. The Labute approximate surface area is 145 Å². The SMILES string of the molecule is O=[N+]([O-])c1c(NCCN2CCOCC2)ncnc1Nc1ccccc1. The molecular weight excluding hydrogens is 324 g/mol. The van der Waals surface area contributed by atoms with E-state index in [9.17, 15) is 10.1 Å². The van der Waals surface area contributed by atoms with Crippen molar-refractivity contribution in [2.75, 3.05) is 50.0 Å². The minimum atomic E-state index is -0.470. The van der Waals surface area contributed by atoms with Crippen molar-refractivity contribution in [3.8, 4) is 0 Å². The summed E-state index contributed by atoms with van der Waals surface area (Å²) in [6.45, 7) is 4.51. The van der Waals surface area contributed by atoms with Crippen LogP contribution < -0.4 is 10.6 Å². The number of hydrogen-bond donors (Lipinski definition) is 2. The number of rotatable bonds is 7. The Hall–Kier alpha value is -2.78. The van der Waals surface area contributed by atoms with E-state index in [1.165, 1.54) is 6.33 Å². The van der Waals surface area contributed by atoms with Crippen LogP contribution in [-0.2, 0) is 4.74 Å². The van der Waals surface area contributed by atoms with Gasteiger partial charge in [-0.05, 0) is 12.1 Å². The molecule has 0 spiro atoms. The Balaban J connectivity index is 1.70. The lowest BCUT2D eigenvalue weighted by Gasteiger charge is -2.26. The molecule has 2 aromatic rings. The number of ether oxygens (including phenoxy) is 1. The number of nitrogens with one attached hydrogen (secondary N) is 2. The molecule has 2 N–H and O–H groups in total. The first-order valence-electron chi connectivity index (χ1n) is 8.09. The van der Waals surface area contributed by atoms with Crippen molar-refractivity contribution in [2.24, 2.45) is 0 Å². The molecule has 1 aromatic carbocycles. The van der Waals surface area contributed by atoms with Crippen LogP contribution in [0.1, 0.15) is 0 Å². The molecule has 0 atom stereocenters. The molecule has 0 amide bonds. The third-order valence-electron chi connectivity index (χ3n) is 3.87. The van der Waals surface area contributed by atoms with Gasteiger partial charge in [0.05, 0.1) is 18.1 Å². The van der Waals surface area contributed by atoms with Gasteiger partial charge in [0.1, 0.15) is 6.33 Å². The molecule has 0 bridgehead atoms. The Morgan fingerprint density at radius 1 is 1.16 bits per heavy atom. The second kappa shape index (κ2) is 8.36. The molecule has 1 saturated heterocycles. The molecule has 132 valence electrons. The van der Waals surface area contributed by atoms with Crippen LogP contribution in [0.4, 0.5) is 23.0 Å². The molecule has 0 saturated carbocycles. The largest absolute Gasteiger partial charge is 0.379 e. The van der Waals surface area contributed by atoms with Gasteiger partial charge in [0.15, 0.2) is 0 Å². The van der Waals surface area contributed by atoms with Crippen LogP contribution in [0.2, 0.25) is 0 Å². The highest BCUT2D eigenvalue weighted by molar-refractivity contribution is 5.73. The Morgan fingerprint density at radius 2 is 1.88 bits per heavy atom. The zero-order valence-corrected chi connectivity index (χ0v) is 13.7. The molecule has 9 heteroatoms. The van der Waals surface area contributed by atoms with Gasteiger partial charge in [-0.1, -0.05) is 18.2 Å². The van der Waals surface area contributed by atoms with Crippen LogP contribution in [0.15, 0.2) is 36.7 Å². The maximum Gasteiger partial charge on any atom is 0.353 e. The van der Waals surface area contributed by atoms with Crippen molar-refractivity contribution in [3.05, 3.63) is 46.8 Å². The number of hydrogen-bond acceptors (Lipinski definition) is 8. The first-order valence-corrected chi connectivity index (χ1v) is 8.09. The number of morpholine rings is 1. The molecule has 9 nitrogen and oxygen atoms in total. The Bertz CT molecular complexity index is 706. The molecule has 1 aromatic heterocycles. The summed E-state index contributed by atoms with van der Waals surface area (Å²) in [5.41, 5.74) is 0.567. The smallest absolute Gasteiger partial charge is 0.353 e. The quantitative estimate of drug-likeness (QED) is 0.579. The van der Waals surface area contributed by atoms with Crippen molar-refractivity contribution >= 4 is 23.0 Å². The van der Waals surface area contributed by atoms with E-state index in [1.54, 1.807) is 0 Å². The molecule has 1 fully saturated rings. The Morgan fingerprint density at radius 3 is 2.60 bits per heavy atom. The molecule has 0 aliphatic carbocycles. The third kappa shape index (κ3) is 4.61. The van der Waals surface area contributed by atoms with Crippen molar-refractivity contribution < 1.29 is 9.66 Å². The summed E-state index contributed by atoms with van der Waals surface area (Å²) < 4.78 is 5.31.